The molecule has 0 aliphatic rings. The van der Waals surface area contributed by atoms with Crippen LogP contribution in [0.15, 0.2) is 102 Å². The Hall–Kier alpha value is -4.22. The summed E-state index contributed by atoms with van der Waals surface area (Å²) in [5.74, 6) is 0.473. The van der Waals surface area contributed by atoms with Crippen molar-refractivity contribution < 1.29 is 10.0 Å². The van der Waals surface area contributed by atoms with Gasteiger partial charge in [0.1, 0.15) is 0 Å². The second-order valence-electron chi connectivity index (χ2n) is 8.65. The number of nitrogens with one attached hydrogen (secondary N) is 1. The van der Waals surface area contributed by atoms with E-state index in [4.69, 9.17) is 0 Å². The Morgan fingerprint density at radius 1 is 0.667 bits per heavy atom. The van der Waals surface area contributed by atoms with Gasteiger partial charge in [-0.25, -0.2) is 10.1 Å². The Morgan fingerprint density at radius 2 is 1.11 bits per heavy atom. The monoisotopic (exact) mass is 479 g/mol. The van der Waals surface area contributed by atoms with Crippen molar-refractivity contribution in [2.45, 2.75) is 27.7 Å². The van der Waals surface area contributed by atoms with E-state index in [0.29, 0.717) is 11.4 Å². The van der Waals surface area contributed by atoms with Gasteiger partial charge in [-0.3, -0.25) is 10.0 Å². The third-order valence-electron chi connectivity index (χ3n) is 5.75. The van der Waals surface area contributed by atoms with Crippen LogP contribution in [0, 0.1) is 27.7 Å². The van der Waals surface area contributed by atoms with Crippen LogP contribution in [0.5, 0.6) is 0 Å². The van der Waals surface area contributed by atoms with Crippen molar-refractivity contribution in [2.75, 3.05) is 12.4 Å². The van der Waals surface area contributed by atoms with Gasteiger partial charge in [-0.05, 0) is 62.1 Å². The van der Waals surface area contributed by atoms with E-state index in [0.717, 1.165) is 44.3 Å². The van der Waals surface area contributed by atoms with Crippen molar-refractivity contribution >= 4 is 23.1 Å². The third-order valence-corrected chi connectivity index (χ3v) is 5.75. The lowest BCUT2D eigenvalue weighted by molar-refractivity contribution is 0.0144. The maximum Gasteiger partial charge on any atom is 0.255 e. The average Bonchev–Trinajstić information content (AvgIpc) is 2.87. The first-order chi connectivity index (χ1) is 17.3. The molecule has 0 fully saturated rings. The van der Waals surface area contributed by atoms with Crippen LogP contribution in [0.1, 0.15) is 38.2 Å². The molecule has 0 bridgehead atoms. The molecule has 0 radical (unpaired) electrons. The fourth-order valence-corrected chi connectivity index (χ4v) is 3.79. The van der Waals surface area contributed by atoms with E-state index in [1.165, 1.54) is 0 Å². The standard InChI is InChI=1S/C16H18N2O.C15H15NO/c1-12-8-7-9-13(2)15(12)17-16(18(3)19)14-10-5-4-6-11-14;1-11-7-6-8-12(2)14(11)16-15(17)13-9-4-3-5-10-13/h4-11,19H,1-3H3;3-10H,1-2H3,(H,16,17). The maximum atomic E-state index is 12.0. The van der Waals surface area contributed by atoms with E-state index in [2.05, 4.69) is 10.3 Å². The van der Waals surface area contributed by atoms with E-state index in [9.17, 15) is 10.0 Å². The van der Waals surface area contributed by atoms with Gasteiger partial charge >= 0.3 is 0 Å². The van der Waals surface area contributed by atoms with Crippen molar-refractivity contribution in [1.82, 2.24) is 5.06 Å². The molecule has 184 valence electrons. The lowest BCUT2D eigenvalue weighted by Crippen LogP contribution is -2.23. The minimum Gasteiger partial charge on any atom is -0.322 e. The number of carbonyl (C=O) groups excluding carboxylic acids is 1. The number of hydrogen-bond donors (Lipinski definition) is 2. The summed E-state index contributed by atoms with van der Waals surface area (Å²) in [6.45, 7) is 8.03. The lowest BCUT2D eigenvalue weighted by Gasteiger charge is -2.15. The molecule has 4 aromatic carbocycles. The molecule has 2 N–H and O–H groups in total. The minimum atomic E-state index is -0.0667. The highest BCUT2D eigenvalue weighted by molar-refractivity contribution is 6.05. The summed E-state index contributed by atoms with van der Waals surface area (Å²) in [5, 5.41) is 13.8. The summed E-state index contributed by atoms with van der Waals surface area (Å²) in [6, 6.07) is 30.9. The number of aryl methyl sites for hydroxylation is 4. The highest BCUT2D eigenvalue weighted by atomic mass is 16.5. The predicted molar refractivity (Wildman–Crippen MR) is 148 cm³/mol. The van der Waals surface area contributed by atoms with Gasteiger partial charge in [0, 0.05) is 23.9 Å². The number of rotatable bonds is 4. The Bertz CT molecular complexity index is 1290. The van der Waals surface area contributed by atoms with E-state index in [1.807, 2.05) is 125 Å². The molecule has 4 aromatic rings. The van der Waals surface area contributed by atoms with Gasteiger partial charge in [-0.1, -0.05) is 84.9 Å². The van der Waals surface area contributed by atoms with Crippen LogP contribution in [0.4, 0.5) is 11.4 Å². The molecule has 1 amide bonds. The molecule has 36 heavy (non-hydrogen) atoms. The third kappa shape index (κ3) is 6.90. The number of nitrogens with zero attached hydrogens (tertiary/aromatic N) is 2. The van der Waals surface area contributed by atoms with Crippen molar-refractivity contribution in [3.8, 4) is 0 Å². The number of aliphatic imine (C=N–C) groups is 1. The Balaban J connectivity index is 0.000000202. The zero-order chi connectivity index (χ0) is 26.1. The van der Waals surface area contributed by atoms with Crippen LogP contribution in [-0.2, 0) is 0 Å². The number of carbonyl (C=O) groups is 1. The molecule has 4 rings (SSSR count). The average molecular weight is 480 g/mol. The molecule has 0 aliphatic heterocycles. The van der Waals surface area contributed by atoms with E-state index < -0.39 is 0 Å². The zero-order valence-corrected chi connectivity index (χ0v) is 21.5. The number of hydroxylamine groups is 2. The molecular formula is C31H33N3O2. The summed E-state index contributed by atoms with van der Waals surface area (Å²) in [5.41, 5.74) is 7.71. The maximum absolute atomic E-state index is 12.0. The summed E-state index contributed by atoms with van der Waals surface area (Å²) >= 11 is 0. The van der Waals surface area contributed by atoms with E-state index >= 15 is 0 Å². The quantitative estimate of drug-likeness (QED) is 0.184. The van der Waals surface area contributed by atoms with Gasteiger partial charge in [0.15, 0.2) is 5.84 Å². The SMILES string of the molecule is Cc1cccc(C)c1N=C(c1ccccc1)N(C)O.Cc1cccc(C)c1NC(=O)c1ccccc1. The number of hydrogen-bond acceptors (Lipinski definition) is 3. The first-order valence-electron chi connectivity index (χ1n) is 11.8. The molecule has 0 saturated heterocycles. The van der Waals surface area contributed by atoms with Gasteiger partial charge in [0.2, 0.25) is 0 Å². The van der Waals surface area contributed by atoms with Crippen LogP contribution >= 0.6 is 0 Å². The van der Waals surface area contributed by atoms with Crippen LogP contribution in [0.25, 0.3) is 0 Å². The topological polar surface area (TPSA) is 64.9 Å². The molecule has 0 aliphatic carbocycles. The Labute approximate surface area is 213 Å². The number of benzene rings is 4. The summed E-state index contributed by atoms with van der Waals surface area (Å²) in [4.78, 5) is 16.6. The predicted octanol–water partition coefficient (Wildman–Crippen LogP) is 7.26. The van der Waals surface area contributed by atoms with Crippen molar-refractivity contribution in [3.05, 3.63) is 130 Å². The normalized spacial score (nSPS) is 10.8. The van der Waals surface area contributed by atoms with Crippen molar-refractivity contribution in [2.24, 2.45) is 4.99 Å². The van der Waals surface area contributed by atoms with Gasteiger partial charge in [-0.15, -0.1) is 0 Å². The number of para-hydroxylation sites is 2. The molecule has 0 atom stereocenters. The largest absolute Gasteiger partial charge is 0.322 e. The first-order valence-corrected chi connectivity index (χ1v) is 11.8. The zero-order valence-electron chi connectivity index (χ0n) is 21.5. The molecular weight excluding hydrogens is 446 g/mol. The van der Waals surface area contributed by atoms with Gasteiger partial charge in [0.25, 0.3) is 5.91 Å². The molecule has 0 spiro atoms. The summed E-state index contributed by atoms with van der Waals surface area (Å²) in [7, 11) is 1.58. The van der Waals surface area contributed by atoms with E-state index in [1.54, 1.807) is 7.05 Å². The second-order valence-corrected chi connectivity index (χ2v) is 8.65. The summed E-state index contributed by atoms with van der Waals surface area (Å²) in [6.07, 6.45) is 0. The van der Waals surface area contributed by atoms with Crippen molar-refractivity contribution in [1.29, 1.82) is 0 Å². The Morgan fingerprint density at radius 3 is 1.58 bits per heavy atom. The number of amidine groups is 1. The first kappa shape index (κ1) is 26.4. The molecule has 5 heteroatoms. The van der Waals surface area contributed by atoms with Crippen LogP contribution in [-0.4, -0.2) is 29.1 Å². The van der Waals surface area contributed by atoms with Gasteiger partial charge < -0.3 is 5.32 Å². The van der Waals surface area contributed by atoms with Gasteiger partial charge in [-0.2, -0.15) is 0 Å². The smallest absolute Gasteiger partial charge is 0.255 e. The molecule has 0 saturated carbocycles. The van der Waals surface area contributed by atoms with Crippen LogP contribution in [0.2, 0.25) is 0 Å². The minimum absolute atomic E-state index is 0.0667. The molecule has 0 heterocycles. The second kappa shape index (κ2) is 12.5. The molecule has 5 nitrogen and oxygen atoms in total. The van der Waals surface area contributed by atoms with Crippen LogP contribution < -0.4 is 5.32 Å². The van der Waals surface area contributed by atoms with E-state index in [-0.39, 0.29) is 5.91 Å². The highest BCUT2D eigenvalue weighted by Crippen LogP contribution is 2.24. The Kier molecular flexibility index (Phi) is 9.14. The number of anilines is 1. The fraction of sp³-hybridized carbons (Fsp3) is 0.161. The summed E-state index contributed by atoms with van der Waals surface area (Å²) < 4.78 is 0. The van der Waals surface area contributed by atoms with Gasteiger partial charge in [0.05, 0.1) is 5.69 Å². The van der Waals surface area contributed by atoms with Crippen LogP contribution in [0.3, 0.4) is 0 Å². The van der Waals surface area contributed by atoms with Crippen molar-refractivity contribution in [3.63, 3.8) is 0 Å². The molecule has 0 aromatic heterocycles. The highest BCUT2D eigenvalue weighted by Gasteiger charge is 2.10. The lowest BCUT2D eigenvalue weighted by atomic mass is 10.1. The molecule has 0 unspecified atom stereocenters. The number of amides is 1. The fourth-order valence-electron chi connectivity index (χ4n) is 3.79.